The summed E-state index contributed by atoms with van der Waals surface area (Å²) >= 11 is 1.55. The van der Waals surface area contributed by atoms with Crippen molar-refractivity contribution in [3.63, 3.8) is 0 Å². The maximum absolute atomic E-state index is 12.8. The van der Waals surface area contributed by atoms with Crippen molar-refractivity contribution in [3.8, 4) is 5.75 Å². The number of hydrogen-bond donors (Lipinski definition) is 1. The maximum Gasteiger partial charge on any atom is 0.338 e. The van der Waals surface area contributed by atoms with E-state index in [1.807, 2.05) is 45.0 Å². The van der Waals surface area contributed by atoms with Gasteiger partial charge < -0.3 is 14.8 Å². The van der Waals surface area contributed by atoms with E-state index in [2.05, 4.69) is 15.4 Å². The summed E-state index contributed by atoms with van der Waals surface area (Å²) in [7, 11) is 0. The molecule has 144 valence electrons. The van der Waals surface area contributed by atoms with E-state index in [1.165, 1.54) is 0 Å². The standard InChI is InChI=1S/C19H24N4O3S/c1-5-25-14-11-9-8-10-13(14)16-15(17(24)26-6-2)12(4)20-18-21-19(27-7-3)22-23(16)18/h8-11,16H,5-7H2,1-4H3,(H,20,21,22). The average molecular weight is 388 g/mol. The summed E-state index contributed by atoms with van der Waals surface area (Å²) < 4.78 is 12.9. The van der Waals surface area contributed by atoms with E-state index in [9.17, 15) is 4.79 Å². The molecule has 0 saturated heterocycles. The van der Waals surface area contributed by atoms with Crippen LogP contribution in [0.4, 0.5) is 5.95 Å². The molecule has 1 aromatic heterocycles. The fourth-order valence-electron chi connectivity index (χ4n) is 3.08. The van der Waals surface area contributed by atoms with Gasteiger partial charge in [0, 0.05) is 11.3 Å². The summed E-state index contributed by atoms with van der Waals surface area (Å²) in [6.45, 7) is 8.46. The Labute approximate surface area is 163 Å². The minimum Gasteiger partial charge on any atom is -0.494 e. The molecule has 8 heteroatoms. The molecule has 2 aromatic rings. The smallest absolute Gasteiger partial charge is 0.338 e. The number of rotatable bonds is 7. The predicted octanol–water partition coefficient (Wildman–Crippen LogP) is 3.64. The predicted molar refractivity (Wildman–Crippen MR) is 105 cm³/mol. The van der Waals surface area contributed by atoms with E-state index >= 15 is 0 Å². The van der Waals surface area contributed by atoms with Crippen molar-refractivity contribution in [3.05, 3.63) is 41.1 Å². The average Bonchev–Trinajstić information content (AvgIpc) is 3.04. The number of allylic oxidation sites excluding steroid dienone is 1. The zero-order valence-corrected chi connectivity index (χ0v) is 16.8. The Morgan fingerprint density at radius 3 is 2.74 bits per heavy atom. The summed E-state index contributed by atoms with van der Waals surface area (Å²) in [5.74, 6) is 1.81. The molecule has 0 fully saturated rings. The van der Waals surface area contributed by atoms with Gasteiger partial charge in [0.05, 0.1) is 18.8 Å². The molecule has 0 amide bonds. The lowest BCUT2D eigenvalue weighted by molar-refractivity contribution is -0.139. The number of carbonyl (C=O) groups is 1. The van der Waals surface area contributed by atoms with Gasteiger partial charge in [-0.15, -0.1) is 5.10 Å². The zero-order chi connectivity index (χ0) is 19.4. The quantitative estimate of drug-likeness (QED) is 0.573. The molecule has 2 heterocycles. The van der Waals surface area contributed by atoms with Gasteiger partial charge in [-0.25, -0.2) is 9.48 Å². The second-order valence-corrected chi connectivity index (χ2v) is 7.08. The second kappa shape index (κ2) is 8.47. The van der Waals surface area contributed by atoms with Gasteiger partial charge in [-0.05, 0) is 32.6 Å². The first-order valence-corrected chi connectivity index (χ1v) is 10.0. The molecule has 1 atom stereocenters. The Morgan fingerprint density at radius 2 is 2.04 bits per heavy atom. The van der Waals surface area contributed by atoms with Crippen LogP contribution in [0.15, 0.2) is 40.7 Å². The number of hydrogen-bond acceptors (Lipinski definition) is 7. The van der Waals surface area contributed by atoms with E-state index < -0.39 is 6.04 Å². The van der Waals surface area contributed by atoms with Crippen molar-refractivity contribution in [1.29, 1.82) is 0 Å². The number of anilines is 1. The van der Waals surface area contributed by atoms with Crippen LogP contribution in [0.25, 0.3) is 0 Å². The monoisotopic (exact) mass is 388 g/mol. The molecule has 1 aliphatic heterocycles. The number of aromatic nitrogens is 3. The fourth-order valence-corrected chi connectivity index (χ4v) is 3.63. The number of benzene rings is 1. The normalized spacial score (nSPS) is 15.9. The van der Waals surface area contributed by atoms with Crippen LogP contribution >= 0.6 is 11.8 Å². The molecule has 0 spiro atoms. The Kier molecular flexibility index (Phi) is 6.05. The molecule has 0 radical (unpaired) electrons. The second-order valence-electron chi connectivity index (χ2n) is 5.85. The van der Waals surface area contributed by atoms with Gasteiger partial charge in [0.2, 0.25) is 11.1 Å². The highest BCUT2D eigenvalue weighted by atomic mass is 32.2. The number of para-hydroxylation sites is 1. The first-order chi connectivity index (χ1) is 13.1. The van der Waals surface area contributed by atoms with E-state index in [0.29, 0.717) is 41.3 Å². The molecular formula is C19H24N4O3S. The lowest BCUT2D eigenvalue weighted by atomic mass is 9.95. The summed E-state index contributed by atoms with van der Waals surface area (Å²) in [6.07, 6.45) is 0. The van der Waals surface area contributed by atoms with E-state index in [4.69, 9.17) is 9.47 Å². The highest BCUT2D eigenvalue weighted by molar-refractivity contribution is 7.99. The van der Waals surface area contributed by atoms with Crippen LogP contribution < -0.4 is 10.1 Å². The lowest BCUT2D eigenvalue weighted by Gasteiger charge is -2.29. The van der Waals surface area contributed by atoms with Gasteiger partial charge in [0.15, 0.2) is 0 Å². The molecule has 1 aromatic carbocycles. The number of nitrogens with one attached hydrogen (secondary N) is 1. The minimum absolute atomic E-state index is 0.302. The van der Waals surface area contributed by atoms with Crippen LogP contribution in [-0.4, -0.2) is 39.7 Å². The molecule has 7 nitrogen and oxygen atoms in total. The molecule has 27 heavy (non-hydrogen) atoms. The van der Waals surface area contributed by atoms with Crippen LogP contribution in [0.1, 0.15) is 39.3 Å². The van der Waals surface area contributed by atoms with Gasteiger partial charge in [-0.3, -0.25) is 0 Å². The summed E-state index contributed by atoms with van der Waals surface area (Å²) in [5.41, 5.74) is 2.06. The number of esters is 1. The van der Waals surface area contributed by atoms with Crippen molar-refractivity contribution < 1.29 is 14.3 Å². The van der Waals surface area contributed by atoms with Crippen LogP contribution in [0, 0.1) is 0 Å². The molecule has 1 aliphatic rings. The minimum atomic E-state index is -0.471. The summed E-state index contributed by atoms with van der Waals surface area (Å²) in [5, 5.41) is 8.49. The number of thioether (sulfide) groups is 1. The highest BCUT2D eigenvalue weighted by Crippen LogP contribution is 2.40. The Morgan fingerprint density at radius 1 is 1.26 bits per heavy atom. The molecule has 1 unspecified atom stereocenters. The zero-order valence-electron chi connectivity index (χ0n) is 16.0. The maximum atomic E-state index is 12.8. The number of nitrogens with zero attached hydrogens (tertiary/aromatic N) is 3. The largest absolute Gasteiger partial charge is 0.494 e. The number of ether oxygens (including phenoxy) is 2. The van der Waals surface area contributed by atoms with Crippen molar-refractivity contribution in [2.24, 2.45) is 0 Å². The third kappa shape index (κ3) is 3.80. The first-order valence-electron chi connectivity index (χ1n) is 9.06. The molecular weight excluding hydrogens is 364 g/mol. The SMILES string of the molecule is CCOC(=O)C1=C(C)Nc2nc(SCC)nn2C1c1ccccc1OCC. The van der Waals surface area contributed by atoms with Gasteiger partial charge in [0.25, 0.3) is 0 Å². The summed E-state index contributed by atoms with van der Waals surface area (Å²) in [4.78, 5) is 17.3. The molecule has 3 rings (SSSR count). The Hall–Kier alpha value is -2.48. The van der Waals surface area contributed by atoms with Crippen molar-refractivity contribution >= 4 is 23.7 Å². The van der Waals surface area contributed by atoms with Crippen LogP contribution in [0.3, 0.4) is 0 Å². The lowest BCUT2D eigenvalue weighted by Crippen LogP contribution is -2.30. The van der Waals surface area contributed by atoms with E-state index in [-0.39, 0.29) is 5.97 Å². The van der Waals surface area contributed by atoms with Gasteiger partial charge in [0.1, 0.15) is 11.8 Å². The van der Waals surface area contributed by atoms with Crippen molar-refractivity contribution in [2.75, 3.05) is 24.3 Å². The third-order valence-electron chi connectivity index (χ3n) is 4.12. The molecule has 0 aliphatic carbocycles. The van der Waals surface area contributed by atoms with Crippen LogP contribution in [0.2, 0.25) is 0 Å². The van der Waals surface area contributed by atoms with Gasteiger partial charge >= 0.3 is 5.97 Å². The summed E-state index contributed by atoms with van der Waals surface area (Å²) in [6, 6.07) is 7.22. The Balaban J connectivity index is 2.17. The van der Waals surface area contributed by atoms with Crippen molar-refractivity contribution in [1.82, 2.24) is 14.8 Å². The molecule has 1 N–H and O–H groups in total. The van der Waals surface area contributed by atoms with Crippen LogP contribution in [-0.2, 0) is 9.53 Å². The molecule has 0 saturated carbocycles. The fraction of sp³-hybridized carbons (Fsp3) is 0.421. The molecule has 0 bridgehead atoms. The van der Waals surface area contributed by atoms with E-state index in [0.717, 1.165) is 11.3 Å². The van der Waals surface area contributed by atoms with Gasteiger partial charge in [-0.2, -0.15) is 4.98 Å². The van der Waals surface area contributed by atoms with E-state index in [1.54, 1.807) is 23.4 Å². The van der Waals surface area contributed by atoms with Gasteiger partial charge in [-0.1, -0.05) is 36.9 Å². The van der Waals surface area contributed by atoms with Crippen molar-refractivity contribution in [2.45, 2.75) is 38.9 Å². The van der Waals surface area contributed by atoms with Crippen LogP contribution in [0.5, 0.6) is 5.75 Å². The topological polar surface area (TPSA) is 78.3 Å². The number of fused-ring (bicyclic) bond motifs is 1. The third-order valence-corrected chi connectivity index (χ3v) is 4.84. The number of carbonyl (C=O) groups excluding carboxylic acids is 1. The Bertz CT molecular complexity index is 862. The first kappa shape index (κ1) is 19.3. The highest BCUT2D eigenvalue weighted by Gasteiger charge is 2.36.